The Labute approximate surface area is 132 Å². The Bertz CT molecular complexity index is 798. The van der Waals surface area contributed by atoms with Crippen LogP contribution in [0, 0.1) is 0 Å². The van der Waals surface area contributed by atoms with Gasteiger partial charge in [0.15, 0.2) is 0 Å². The first-order valence-electron chi connectivity index (χ1n) is 6.99. The number of anilines is 1. The highest BCUT2D eigenvalue weighted by molar-refractivity contribution is 6.30. The monoisotopic (exact) mass is 318 g/mol. The molecule has 0 spiro atoms. The molecule has 7 heteroatoms. The molecule has 0 radical (unpaired) electrons. The minimum absolute atomic E-state index is 0.105. The lowest BCUT2D eigenvalue weighted by Crippen LogP contribution is -2.30. The fraction of sp³-hybridized carbons (Fsp3) is 0.333. The molecule has 1 aliphatic rings. The number of hydrogen-bond donors (Lipinski definition) is 1. The van der Waals surface area contributed by atoms with Crippen molar-refractivity contribution < 1.29 is 4.79 Å². The third-order valence-electron chi connectivity index (χ3n) is 4.01. The van der Waals surface area contributed by atoms with Gasteiger partial charge < -0.3 is 4.57 Å². The van der Waals surface area contributed by atoms with Crippen LogP contribution >= 0.6 is 11.6 Å². The molecule has 6 nitrogen and oxygen atoms in total. The lowest BCUT2D eigenvalue weighted by Gasteiger charge is -2.11. The predicted molar refractivity (Wildman–Crippen MR) is 83.4 cm³/mol. The van der Waals surface area contributed by atoms with Gasteiger partial charge in [-0.2, -0.15) is 0 Å². The van der Waals surface area contributed by atoms with Crippen molar-refractivity contribution in [2.45, 2.75) is 25.7 Å². The highest BCUT2D eigenvalue weighted by Gasteiger charge is 2.25. The second-order valence-corrected chi connectivity index (χ2v) is 5.88. The van der Waals surface area contributed by atoms with E-state index in [1.54, 1.807) is 17.7 Å². The molecule has 22 heavy (non-hydrogen) atoms. The first-order valence-corrected chi connectivity index (χ1v) is 7.37. The number of rotatable bonds is 2. The molecule has 1 N–H and O–H groups in total. The van der Waals surface area contributed by atoms with Crippen LogP contribution in [-0.4, -0.2) is 20.4 Å². The Hall–Kier alpha value is -2.21. The molecule has 0 saturated carbocycles. The molecule has 0 aromatic carbocycles. The highest BCUT2D eigenvalue weighted by Crippen LogP contribution is 2.31. The zero-order valence-electron chi connectivity index (χ0n) is 12.3. The van der Waals surface area contributed by atoms with Gasteiger partial charge in [0.05, 0.1) is 17.4 Å². The maximum Gasteiger partial charge on any atom is 0.263 e. The van der Waals surface area contributed by atoms with E-state index >= 15 is 0 Å². The van der Waals surface area contributed by atoms with Gasteiger partial charge in [-0.15, -0.1) is 0 Å². The number of carbonyl (C=O) groups excluding carboxylic acids is 1. The number of fused-ring (bicyclic) bond motifs is 1. The third-order valence-corrected chi connectivity index (χ3v) is 4.20. The van der Waals surface area contributed by atoms with Crippen molar-refractivity contribution in [2.24, 2.45) is 7.05 Å². The van der Waals surface area contributed by atoms with Crippen molar-refractivity contribution in [3.05, 3.63) is 50.7 Å². The maximum absolute atomic E-state index is 12.4. The van der Waals surface area contributed by atoms with E-state index in [2.05, 4.69) is 22.2 Å². The number of carbonyl (C=O) groups is 1. The van der Waals surface area contributed by atoms with Gasteiger partial charge in [0.25, 0.3) is 11.5 Å². The van der Waals surface area contributed by atoms with E-state index < -0.39 is 5.91 Å². The third kappa shape index (κ3) is 2.50. The Kier molecular flexibility index (Phi) is 3.70. The van der Waals surface area contributed by atoms with Gasteiger partial charge in [0.2, 0.25) is 5.95 Å². The van der Waals surface area contributed by atoms with E-state index in [4.69, 9.17) is 11.6 Å². The molecule has 1 amide bonds. The summed E-state index contributed by atoms with van der Waals surface area (Å²) < 4.78 is 1.57. The van der Waals surface area contributed by atoms with Gasteiger partial charge in [-0.3, -0.25) is 14.9 Å². The first-order chi connectivity index (χ1) is 10.5. The number of pyridine rings is 1. The number of nitrogens with one attached hydrogen (secondary N) is 1. The Morgan fingerprint density at radius 1 is 1.41 bits per heavy atom. The topological polar surface area (TPSA) is 76.9 Å². The zero-order valence-corrected chi connectivity index (χ0v) is 13.0. The van der Waals surface area contributed by atoms with Crippen LogP contribution < -0.4 is 10.9 Å². The predicted octanol–water partition coefficient (Wildman–Crippen LogP) is 2.13. The van der Waals surface area contributed by atoms with E-state index in [1.807, 2.05) is 0 Å². The van der Waals surface area contributed by atoms with Crippen LogP contribution in [0.5, 0.6) is 0 Å². The molecule has 0 fully saturated rings. The van der Waals surface area contributed by atoms with Crippen molar-refractivity contribution in [2.75, 3.05) is 5.32 Å². The van der Waals surface area contributed by atoms with Gasteiger partial charge in [0.1, 0.15) is 5.56 Å². The van der Waals surface area contributed by atoms with E-state index in [9.17, 15) is 9.59 Å². The van der Waals surface area contributed by atoms with Gasteiger partial charge in [0, 0.05) is 12.7 Å². The maximum atomic E-state index is 12.4. The standard InChI is InChI=1S/C15H15ClN4O2/c1-8-3-4-12-10(8)5-11(14(22)20(12)2)13(21)19-15-17-6-9(16)7-18-15/h5-8H,3-4H2,1-2H3,(H,17,18,19,21)/t8-/m1/s1. The highest BCUT2D eigenvalue weighted by atomic mass is 35.5. The SMILES string of the molecule is C[C@@H]1CCc2c1cc(C(=O)Nc1ncc(Cl)cn1)c(=O)n2C. The van der Waals surface area contributed by atoms with Crippen LogP contribution in [0.15, 0.2) is 23.3 Å². The molecule has 3 rings (SSSR count). The van der Waals surface area contributed by atoms with Crippen LogP contribution in [-0.2, 0) is 13.5 Å². The van der Waals surface area contributed by atoms with Crippen molar-refractivity contribution in [3.8, 4) is 0 Å². The lowest BCUT2D eigenvalue weighted by atomic mass is 10.0. The molecule has 0 saturated heterocycles. The fourth-order valence-corrected chi connectivity index (χ4v) is 2.85. The smallest absolute Gasteiger partial charge is 0.263 e. The Morgan fingerprint density at radius 2 is 2.09 bits per heavy atom. The average Bonchev–Trinajstić information content (AvgIpc) is 2.86. The van der Waals surface area contributed by atoms with Crippen molar-refractivity contribution in [3.63, 3.8) is 0 Å². The second kappa shape index (κ2) is 5.53. The number of halogens is 1. The normalized spacial score (nSPS) is 16.4. The molecule has 2 aromatic rings. The van der Waals surface area contributed by atoms with Crippen LogP contribution in [0.4, 0.5) is 5.95 Å². The minimum Gasteiger partial charge on any atom is -0.315 e. The lowest BCUT2D eigenvalue weighted by molar-refractivity contribution is 0.102. The van der Waals surface area contributed by atoms with Gasteiger partial charge in [-0.25, -0.2) is 9.97 Å². The van der Waals surface area contributed by atoms with E-state index in [1.165, 1.54) is 12.4 Å². The quantitative estimate of drug-likeness (QED) is 0.920. The van der Waals surface area contributed by atoms with Crippen LogP contribution in [0.1, 0.15) is 40.9 Å². The molecular formula is C15H15ClN4O2. The molecule has 1 aliphatic carbocycles. The summed E-state index contributed by atoms with van der Waals surface area (Å²) in [4.78, 5) is 32.5. The second-order valence-electron chi connectivity index (χ2n) is 5.44. The number of hydrogen-bond acceptors (Lipinski definition) is 4. The van der Waals surface area contributed by atoms with E-state index in [0.717, 1.165) is 24.1 Å². The molecule has 2 aromatic heterocycles. The zero-order chi connectivity index (χ0) is 15.9. The molecule has 2 heterocycles. The summed E-state index contributed by atoms with van der Waals surface area (Å²) in [5.41, 5.74) is 1.87. The molecule has 114 valence electrons. The minimum atomic E-state index is -0.509. The summed E-state index contributed by atoms with van der Waals surface area (Å²) in [6.45, 7) is 2.10. The fourth-order valence-electron chi connectivity index (χ4n) is 2.75. The summed E-state index contributed by atoms with van der Waals surface area (Å²) in [5.74, 6) is -0.0463. The van der Waals surface area contributed by atoms with Crippen molar-refractivity contribution in [1.29, 1.82) is 0 Å². The largest absolute Gasteiger partial charge is 0.315 e. The first kappa shape index (κ1) is 14.7. The Balaban J connectivity index is 1.96. The summed E-state index contributed by atoms with van der Waals surface area (Å²) in [5, 5.41) is 2.90. The Morgan fingerprint density at radius 3 is 2.77 bits per heavy atom. The molecular weight excluding hydrogens is 304 g/mol. The van der Waals surface area contributed by atoms with Gasteiger partial charge in [-0.05, 0) is 30.4 Å². The summed E-state index contributed by atoms with van der Waals surface area (Å²) in [7, 11) is 1.70. The van der Waals surface area contributed by atoms with Crippen LogP contribution in [0.2, 0.25) is 5.02 Å². The van der Waals surface area contributed by atoms with Crippen LogP contribution in [0.3, 0.4) is 0 Å². The molecule has 0 bridgehead atoms. The van der Waals surface area contributed by atoms with Crippen molar-refractivity contribution in [1.82, 2.24) is 14.5 Å². The van der Waals surface area contributed by atoms with E-state index in [0.29, 0.717) is 10.9 Å². The summed E-state index contributed by atoms with van der Waals surface area (Å²) in [6, 6.07) is 1.70. The van der Waals surface area contributed by atoms with Crippen LogP contribution in [0.25, 0.3) is 0 Å². The van der Waals surface area contributed by atoms with E-state index in [-0.39, 0.29) is 17.1 Å². The molecule has 0 aliphatic heterocycles. The van der Waals surface area contributed by atoms with Gasteiger partial charge in [-0.1, -0.05) is 18.5 Å². The summed E-state index contributed by atoms with van der Waals surface area (Å²) in [6.07, 6.45) is 4.62. The number of amides is 1. The molecule has 1 atom stereocenters. The average molecular weight is 319 g/mol. The van der Waals surface area contributed by atoms with Gasteiger partial charge >= 0.3 is 0 Å². The summed E-state index contributed by atoms with van der Waals surface area (Å²) >= 11 is 5.70. The number of aromatic nitrogens is 3. The number of nitrogens with zero attached hydrogens (tertiary/aromatic N) is 3. The van der Waals surface area contributed by atoms with Crippen molar-refractivity contribution >= 4 is 23.5 Å². The molecule has 0 unspecified atom stereocenters.